The van der Waals surface area contributed by atoms with Gasteiger partial charge in [0, 0.05) is 24.3 Å². The molecule has 1 aromatic carbocycles. The molecule has 0 unspecified atom stereocenters. The topological polar surface area (TPSA) is 82.9 Å². The molecule has 9 heteroatoms. The number of benzene rings is 1. The molecule has 30 heavy (non-hydrogen) atoms. The summed E-state index contributed by atoms with van der Waals surface area (Å²) in [5, 5.41) is 2.60. The smallest absolute Gasteiger partial charge is 0.237 e. The Kier molecular flexibility index (Phi) is 6.06. The van der Waals surface area contributed by atoms with Gasteiger partial charge < -0.3 is 19.5 Å². The van der Waals surface area contributed by atoms with Gasteiger partial charge in [-0.1, -0.05) is 0 Å². The third kappa shape index (κ3) is 4.06. The van der Waals surface area contributed by atoms with Crippen molar-refractivity contribution in [3.8, 4) is 11.3 Å². The van der Waals surface area contributed by atoms with Crippen LogP contribution in [-0.2, 0) is 20.9 Å². The number of amides is 3. The fourth-order valence-electron chi connectivity index (χ4n) is 3.99. The molecule has 2 saturated heterocycles. The van der Waals surface area contributed by atoms with E-state index < -0.39 is 0 Å². The molecule has 2 fully saturated rings. The van der Waals surface area contributed by atoms with Crippen molar-refractivity contribution in [1.29, 1.82) is 0 Å². The first-order valence-electron chi connectivity index (χ1n) is 9.72. The molecule has 1 spiro atoms. The van der Waals surface area contributed by atoms with Crippen molar-refractivity contribution in [3.05, 3.63) is 42.2 Å². The van der Waals surface area contributed by atoms with Crippen LogP contribution in [0.15, 0.2) is 40.8 Å². The Morgan fingerprint density at radius 1 is 1.20 bits per heavy atom. The quantitative estimate of drug-likeness (QED) is 0.543. The van der Waals surface area contributed by atoms with Gasteiger partial charge in [0.15, 0.2) is 0 Å². The number of halogens is 1. The van der Waals surface area contributed by atoms with E-state index in [9.17, 15) is 14.4 Å². The number of anilines is 1. The van der Waals surface area contributed by atoms with E-state index in [0.29, 0.717) is 43.2 Å². The minimum atomic E-state index is -0.296. The summed E-state index contributed by atoms with van der Waals surface area (Å²) in [6.45, 7) is 1.61. The summed E-state index contributed by atoms with van der Waals surface area (Å²) in [7, 11) is 0. The fourth-order valence-corrected chi connectivity index (χ4v) is 5.50. The van der Waals surface area contributed by atoms with Crippen molar-refractivity contribution in [1.82, 2.24) is 9.80 Å². The molecule has 7 nitrogen and oxygen atoms in total. The summed E-state index contributed by atoms with van der Waals surface area (Å²) in [6.07, 6.45) is 2.09. The number of piperidine rings is 1. The molecule has 1 aromatic heterocycles. The van der Waals surface area contributed by atoms with E-state index in [2.05, 4.69) is 5.32 Å². The SMILES string of the molecule is O=CNc1ccc(-c2ccc(CN3C(=O)CSC34CCN(C(=O)CCl)CC4)o2)cc1. The first-order valence-corrected chi connectivity index (χ1v) is 11.2. The van der Waals surface area contributed by atoms with E-state index in [1.54, 1.807) is 28.8 Å². The minimum absolute atomic E-state index is 0.00978. The van der Waals surface area contributed by atoms with Crippen LogP contribution in [0.2, 0.25) is 0 Å². The van der Waals surface area contributed by atoms with Crippen molar-refractivity contribution < 1.29 is 18.8 Å². The summed E-state index contributed by atoms with van der Waals surface area (Å²) >= 11 is 7.34. The van der Waals surface area contributed by atoms with Gasteiger partial charge in [0.1, 0.15) is 17.4 Å². The number of furan rings is 1. The Bertz CT molecular complexity index is 938. The van der Waals surface area contributed by atoms with E-state index in [1.165, 1.54) is 0 Å². The molecule has 3 amide bonds. The van der Waals surface area contributed by atoms with Crippen LogP contribution in [-0.4, -0.2) is 57.6 Å². The normalized spacial score (nSPS) is 18.1. The van der Waals surface area contributed by atoms with Gasteiger partial charge in [0.25, 0.3) is 0 Å². The van der Waals surface area contributed by atoms with Crippen LogP contribution in [0.25, 0.3) is 11.3 Å². The lowest BCUT2D eigenvalue weighted by Gasteiger charge is -2.43. The molecule has 2 aliphatic rings. The molecule has 3 heterocycles. The molecule has 0 atom stereocenters. The van der Waals surface area contributed by atoms with Crippen molar-refractivity contribution in [2.24, 2.45) is 0 Å². The second kappa shape index (κ2) is 8.73. The Balaban J connectivity index is 1.46. The first-order chi connectivity index (χ1) is 14.5. The van der Waals surface area contributed by atoms with Crippen LogP contribution in [0.4, 0.5) is 5.69 Å². The molecule has 158 valence electrons. The number of thioether (sulfide) groups is 1. The fraction of sp³-hybridized carbons (Fsp3) is 0.381. The second-order valence-corrected chi connectivity index (χ2v) is 8.94. The van der Waals surface area contributed by atoms with Gasteiger partial charge in [-0.25, -0.2) is 0 Å². The predicted octanol–water partition coefficient (Wildman–Crippen LogP) is 3.15. The molecule has 0 bridgehead atoms. The van der Waals surface area contributed by atoms with Crippen molar-refractivity contribution >= 4 is 47.3 Å². The number of alkyl halides is 1. The van der Waals surface area contributed by atoms with Crippen LogP contribution < -0.4 is 5.32 Å². The van der Waals surface area contributed by atoms with Crippen LogP contribution in [0, 0.1) is 0 Å². The predicted molar refractivity (Wildman–Crippen MR) is 116 cm³/mol. The van der Waals surface area contributed by atoms with Gasteiger partial charge in [0.2, 0.25) is 18.2 Å². The maximum atomic E-state index is 12.6. The molecule has 0 aliphatic carbocycles. The second-order valence-electron chi connectivity index (χ2n) is 7.33. The van der Waals surface area contributed by atoms with Crippen molar-refractivity contribution in [2.45, 2.75) is 24.3 Å². The van der Waals surface area contributed by atoms with E-state index in [1.807, 2.05) is 29.2 Å². The van der Waals surface area contributed by atoms with E-state index in [-0.39, 0.29) is 22.6 Å². The zero-order chi connectivity index (χ0) is 21.1. The third-order valence-corrected chi connectivity index (χ3v) is 7.43. The van der Waals surface area contributed by atoms with E-state index >= 15 is 0 Å². The number of likely N-dealkylation sites (tertiary alicyclic amines) is 1. The minimum Gasteiger partial charge on any atom is -0.459 e. The van der Waals surface area contributed by atoms with E-state index in [4.69, 9.17) is 16.0 Å². The average molecular weight is 448 g/mol. The Morgan fingerprint density at radius 2 is 1.93 bits per heavy atom. The summed E-state index contributed by atoms with van der Waals surface area (Å²) in [6, 6.07) is 11.1. The number of hydrogen-bond donors (Lipinski definition) is 1. The maximum Gasteiger partial charge on any atom is 0.237 e. The molecule has 4 rings (SSSR count). The lowest BCUT2D eigenvalue weighted by Crippen LogP contribution is -2.52. The zero-order valence-electron chi connectivity index (χ0n) is 16.3. The highest BCUT2D eigenvalue weighted by Crippen LogP contribution is 2.45. The van der Waals surface area contributed by atoms with Crippen molar-refractivity contribution in [2.75, 3.05) is 30.0 Å². The highest BCUT2D eigenvalue weighted by Gasteiger charge is 2.48. The lowest BCUT2D eigenvalue weighted by atomic mass is 10.0. The number of rotatable bonds is 6. The highest BCUT2D eigenvalue weighted by atomic mass is 35.5. The van der Waals surface area contributed by atoms with Crippen LogP contribution in [0.3, 0.4) is 0 Å². The van der Waals surface area contributed by atoms with Gasteiger partial charge in [-0.05, 0) is 49.2 Å². The molecular weight excluding hydrogens is 426 g/mol. The molecule has 0 saturated carbocycles. The van der Waals surface area contributed by atoms with E-state index in [0.717, 1.165) is 24.2 Å². The number of carbonyl (C=O) groups excluding carboxylic acids is 3. The van der Waals surface area contributed by atoms with Gasteiger partial charge >= 0.3 is 0 Å². The summed E-state index contributed by atoms with van der Waals surface area (Å²) in [5.74, 6) is 1.90. The van der Waals surface area contributed by atoms with Gasteiger partial charge in [0.05, 0.1) is 17.2 Å². The Labute approximate surface area is 183 Å². The lowest BCUT2D eigenvalue weighted by molar-refractivity contribution is -0.134. The monoisotopic (exact) mass is 447 g/mol. The number of nitrogens with one attached hydrogen (secondary N) is 1. The van der Waals surface area contributed by atoms with Gasteiger partial charge in [-0.2, -0.15) is 0 Å². The summed E-state index contributed by atoms with van der Waals surface area (Å²) in [4.78, 5) is 38.4. The molecule has 1 N–H and O–H groups in total. The zero-order valence-corrected chi connectivity index (χ0v) is 17.9. The highest BCUT2D eigenvalue weighted by molar-refractivity contribution is 8.01. The average Bonchev–Trinajstić information content (AvgIpc) is 3.36. The maximum absolute atomic E-state index is 12.6. The van der Waals surface area contributed by atoms with Crippen LogP contribution >= 0.6 is 23.4 Å². The Hall–Kier alpha value is -2.45. The van der Waals surface area contributed by atoms with Gasteiger partial charge in [-0.3, -0.25) is 14.4 Å². The largest absolute Gasteiger partial charge is 0.459 e. The standard InChI is InChI=1S/C21H22ClN3O4S/c22-11-19(27)24-9-7-21(8-10-24)25(20(28)13-30-21)12-17-5-6-18(29-17)15-1-3-16(4-2-15)23-14-26/h1-6,14H,7-13H2,(H,23,26). The number of hydrogen-bond acceptors (Lipinski definition) is 5. The third-order valence-electron chi connectivity index (χ3n) is 5.64. The molecule has 2 aliphatic heterocycles. The first kappa shape index (κ1) is 20.8. The van der Waals surface area contributed by atoms with Crippen LogP contribution in [0.1, 0.15) is 18.6 Å². The van der Waals surface area contributed by atoms with Gasteiger partial charge in [-0.15, -0.1) is 23.4 Å². The molecule has 0 radical (unpaired) electrons. The molecule has 2 aromatic rings. The number of nitrogens with zero attached hydrogens (tertiary/aromatic N) is 2. The molecular formula is C21H22ClN3O4S. The summed E-state index contributed by atoms with van der Waals surface area (Å²) in [5.41, 5.74) is 1.60. The van der Waals surface area contributed by atoms with Crippen LogP contribution in [0.5, 0.6) is 0 Å². The van der Waals surface area contributed by atoms with Crippen molar-refractivity contribution in [3.63, 3.8) is 0 Å². The Morgan fingerprint density at radius 3 is 2.60 bits per heavy atom. The summed E-state index contributed by atoms with van der Waals surface area (Å²) < 4.78 is 6.02. The number of carbonyl (C=O) groups is 3.